The Kier molecular flexibility index (Phi) is 14.1. The quantitative estimate of drug-likeness (QED) is 0.121. The van der Waals surface area contributed by atoms with E-state index in [0.717, 1.165) is 69.3 Å². The van der Waals surface area contributed by atoms with Gasteiger partial charge in [-0.15, -0.1) is 0 Å². The summed E-state index contributed by atoms with van der Waals surface area (Å²) in [5, 5.41) is 3.47. The van der Waals surface area contributed by atoms with Gasteiger partial charge in [0.05, 0.1) is 31.3 Å². The first kappa shape index (κ1) is 32.3. The van der Waals surface area contributed by atoms with Crippen molar-refractivity contribution in [3.8, 4) is 5.75 Å². The highest BCUT2D eigenvalue weighted by Crippen LogP contribution is 2.28. The zero-order valence-electron chi connectivity index (χ0n) is 25.6. The highest BCUT2D eigenvalue weighted by Gasteiger charge is 2.23. The first-order chi connectivity index (χ1) is 21.2. The summed E-state index contributed by atoms with van der Waals surface area (Å²) in [6.07, 6.45) is 18.6. The fourth-order valence-electron chi connectivity index (χ4n) is 5.27. The average molecular weight is 589 g/mol. The maximum absolute atomic E-state index is 11.1. The van der Waals surface area contributed by atoms with Crippen molar-refractivity contribution < 1.29 is 19.0 Å². The number of hydrogen-bond donors (Lipinski definition) is 2. The summed E-state index contributed by atoms with van der Waals surface area (Å²) in [5.74, 6) is 1.34. The Hall–Kier alpha value is -3.62. The topological polar surface area (TPSA) is 88.7 Å². The van der Waals surface area contributed by atoms with E-state index in [1.807, 2.05) is 36.9 Å². The van der Waals surface area contributed by atoms with Gasteiger partial charge in [-0.05, 0) is 74.3 Å². The van der Waals surface area contributed by atoms with Crippen molar-refractivity contribution in [1.82, 2.24) is 15.3 Å². The summed E-state index contributed by atoms with van der Waals surface area (Å²) in [7, 11) is 0. The second-order valence-corrected chi connectivity index (χ2v) is 11.3. The lowest BCUT2D eigenvalue weighted by molar-refractivity contribution is -0.137. The maximum atomic E-state index is 11.1. The standard InChI is InChI=1S/C24H33N3O2.C11H15NO2/c1-2-6-21(7-3-1)18-28-13-5-8-20-10-12-27(17-20)23-14-24(16-25-15-23)29-19-22-9-4-11-26-22;1-2-3-8-14-11(13)5-4-10-6-7-12-9-10/h1-3,6-7,14-16,20,22,26H,4-5,8-13,17-19H2;4-7,9,12H,2-3,8H2,1H3/b;5-4+/t20-,22+;/m1./s1. The number of carbonyl (C=O) groups excluding carboxylic acids is 1. The SMILES string of the molecule is CCCCOC(=O)/C=C/c1cc[nH]c1.c1ccc(COCCC[C@@H]2CCN(c3cncc(OC[C@@H]4CCCN4)c3)C2)cc1. The van der Waals surface area contributed by atoms with Gasteiger partial charge in [0.15, 0.2) is 0 Å². The molecule has 0 bridgehead atoms. The predicted octanol–water partition coefficient (Wildman–Crippen LogP) is 6.41. The van der Waals surface area contributed by atoms with Gasteiger partial charge in [-0.3, -0.25) is 4.98 Å². The van der Waals surface area contributed by atoms with Crippen LogP contribution in [0.2, 0.25) is 0 Å². The Bertz CT molecular complexity index is 1200. The number of benzene rings is 1. The van der Waals surface area contributed by atoms with Crippen LogP contribution in [0.5, 0.6) is 5.75 Å². The average Bonchev–Trinajstić information content (AvgIpc) is 3.84. The maximum Gasteiger partial charge on any atom is 0.330 e. The minimum atomic E-state index is -0.278. The molecule has 4 heterocycles. The van der Waals surface area contributed by atoms with Crippen LogP contribution in [0.4, 0.5) is 5.69 Å². The molecule has 0 radical (unpaired) electrons. The summed E-state index contributed by atoms with van der Waals surface area (Å²) in [5.41, 5.74) is 3.40. The molecule has 232 valence electrons. The third-order valence-electron chi connectivity index (χ3n) is 7.75. The van der Waals surface area contributed by atoms with Crippen LogP contribution in [-0.4, -0.2) is 61.4 Å². The molecule has 1 aromatic carbocycles. The van der Waals surface area contributed by atoms with Crippen LogP contribution in [0.1, 0.15) is 63.0 Å². The van der Waals surface area contributed by atoms with E-state index in [1.54, 1.807) is 6.08 Å². The van der Waals surface area contributed by atoms with Crippen LogP contribution in [0, 0.1) is 5.92 Å². The van der Waals surface area contributed by atoms with E-state index in [4.69, 9.17) is 14.2 Å². The summed E-state index contributed by atoms with van der Waals surface area (Å²) in [6.45, 7) is 8.17. The molecule has 0 aliphatic carbocycles. The van der Waals surface area contributed by atoms with E-state index in [0.29, 0.717) is 19.3 Å². The summed E-state index contributed by atoms with van der Waals surface area (Å²) in [6, 6.07) is 14.9. The molecule has 0 saturated carbocycles. The van der Waals surface area contributed by atoms with Crippen molar-refractivity contribution in [2.75, 3.05) is 44.4 Å². The van der Waals surface area contributed by atoms with Crippen LogP contribution in [-0.2, 0) is 20.9 Å². The zero-order chi connectivity index (χ0) is 30.0. The zero-order valence-corrected chi connectivity index (χ0v) is 25.6. The fourth-order valence-corrected chi connectivity index (χ4v) is 5.27. The lowest BCUT2D eigenvalue weighted by Crippen LogP contribution is -2.28. The van der Waals surface area contributed by atoms with Gasteiger partial charge in [-0.2, -0.15) is 0 Å². The van der Waals surface area contributed by atoms with Gasteiger partial charge in [0, 0.05) is 50.3 Å². The molecule has 8 nitrogen and oxygen atoms in total. The molecule has 0 unspecified atom stereocenters. The van der Waals surface area contributed by atoms with E-state index in [9.17, 15) is 4.79 Å². The Morgan fingerprint density at radius 1 is 1.12 bits per heavy atom. The van der Waals surface area contributed by atoms with Crippen molar-refractivity contribution in [1.29, 1.82) is 0 Å². The number of hydrogen-bond acceptors (Lipinski definition) is 7. The van der Waals surface area contributed by atoms with Gasteiger partial charge in [-0.1, -0.05) is 43.7 Å². The number of aromatic amines is 1. The Morgan fingerprint density at radius 2 is 2.02 bits per heavy atom. The Balaban J connectivity index is 0.000000255. The van der Waals surface area contributed by atoms with Gasteiger partial charge in [-0.25, -0.2) is 4.79 Å². The van der Waals surface area contributed by atoms with E-state index < -0.39 is 0 Å². The number of esters is 1. The molecule has 2 aliphatic heterocycles. The van der Waals surface area contributed by atoms with Gasteiger partial charge in [0.25, 0.3) is 0 Å². The van der Waals surface area contributed by atoms with E-state index in [1.165, 1.54) is 43.0 Å². The number of ether oxygens (including phenoxy) is 3. The predicted molar refractivity (Wildman–Crippen MR) is 172 cm³/mol. The second kappa shape index (κ2) is 18.8. The molecule has 8 heteroatoms. The van der Waals surface area contributed by atoms with Crippen LogP contribution < -0.4 is 15.0 Å². The molecule has 2 aliphatic rings. The number of aromatic nitrogens is 2. The molecule has 0 spiro atoms. The first-order valence-electron chi connectivity index (χ1n) is 15.8. The Morgan fingerprint density at radius 3 is 2.81 bits per heavy atom. The van der Waals surface area contributed by atoms with Crippen LogP contribution in [0.25, 0.3) is 6.08 Å². The molecule has 0 amide bonds. The number of nitrogens with zero attached hydrogens (tertiary/aromatic N) is 2. The first-order valence-corrected chi connectivity index (χ1v) is 15.8. The van der Waals surface area contributed by atoms with Gasteiger partial charge >= 0.3 is 5.97 Å². The Labute approximate surface area is 256 Å². The fraction of sp³-hybridized carbons (Fsp3) is 0.486. The third kappa shape index (κ3) is 12.3. The van der Waals surface area contributed by atoms with Crippen LogP contribution in [0.3, 0.4) is 0 Å². The monoisotopic (exact) mass is 588 g/mol. The number of H-pyrrole nitrogens is 1. The van der Waals surface area contributed by atoms with Crippen LogP contribution in [0.15, 0.2) is 73.3 Å². The number of nitrogens with one attached hydrogen (secondary N) is 2. The normalized spacial score (nSPS) is 18.0. The minimum Gasteiger partial charge on any atom is -0.490 e. The largest absolute Gasteiger partial charge is 0.490 e. The minimum absolute atomic E-state index is 0.278. The number of anilines is 1. The highest BCUT2D eigenvalue weighted by atomic mass is 16.5. The third-order valence-corrected chi connectivity index (χ3v) is 7.75. The molecule has 2 fully saturated rings. The highest BCUT2D eigenvalue weighted by molar-refractivity contribution is 5.86. The van der Waals surface area contributed by atoms with Crippen molar-refractivity contribution in [3.63, 3.8) is 0 Å². The number of pyridine rings is 1. The van der Waals surface area contributed by atoms with E-state index in [-0.39, 0.29) is 5.97 Å². The van der Waals surface area contributed by atoms with Crippen LogP contribution >= 0.6 is 0 Å². The summed E-state index contributed by atoms with van der Waals surface area (Å²) >= 11 is 0. The molecule has 2 N–H and O–H groups in total. The molecule has 2 saturated heterocycles. The number of rotatable bonds is 15. The molecule has 2 atom stereocenters. The molecule has 5 rings (SSSR count). The van der Waals surface area contributed by atoms with Crippen molar-refractivity contribution in [2.45, 2.75) is 64.5 Å². The van der Waals surface area contributed by atoms with Gasteiger partial charge in [0.1, 0.15) is 12.4 Å². The molecule has 3 aromatic rings. The lowest BCUT2D eigenvalue weighted by Gasteiger charge is -2.19. The van der Waals surface area contributed by atoms with Gasteiger partial charge < -0.3 is 29.4 Å². The summed E-state index contributed by atoms with van der Waals surface area (Å²) < 4.78 is 16.8. The second-order valence-electron chi connectivity index (χ2n) is 11.3. The lowest BCUT2D eigenvalue weighted by atomic mass is 10.0. The van der Waals surface area contributed by atoms with E-state index in [2.05, 4.69) is 57.4 Å². The molecular formula is C35H48N4O4. The summed E-state index contributed by atoms with van der Waals surface area (Å²) in [4.78, 5) is 20.9. The van der Waals surface area contributed by atoms with Crippen molar-refractivity contribution >= 4 is 17.7 Å². The van der Waals surface area contributed by atoms with E-state index >= 15 is 0 Å². The molecule has 43 heavy (non-hydrogen) atoms. The molecule has 2 aromatic heterocycles. The number of unbranched alkanes of at least 4 members (excludes halogenated alkanes) is 1. The number of carbonyl (C=O) groups is 1. The van der Waals surface area contributed by atoms with Gasteiger partial charge in [0.2, 0.25) is 0 Å². The van der Waals surface area contributed by atoms with Crippen molar-refractivity contribution in [2.24, 2.45) is 5.92 Å². The smallest absolute Gasteiger partial charge is 0.330 e. The van der Waals surface area contributed by atoms with Crippen molar-refractivity contribution in [3.05, 3.63) is 84.5 Å². The molecular weight excluding hydrogens is 540 g/mol.